The number of allylic oxidation sites excluding steroid dienone is 2. The van der Waals surface area contributed by atoms with Crippen LogP contribution in [0.5, 0.6) is 0 Å². The van der Waals surface area contributed by atoms with Crippen LogP contribution < -0.4 is 0 Å². The van der Waals surface area contributed by atoms with E-state index < -0.39 is 0 Å². The Labute approximate surface area is 332 Å². The van der Waals surface area contributed by atoms with Crippen LogP contribution >= 0.6 is 0 Å². The first-order valence-corrected chi connectivity index (χ1v) is 20.4. The van der Waals surface area contributed by atoms with Crippen molar-refractivity contribution in [2.24, 2.45) is 40.9 Å². The molecule has 1 N–H and O–H groups in total. The van der Waals surface area contributed by atoms with Gasteiger partial charge in [-0.15, -0.1) is 0 Å². The summed E-state index contributed by atoms with van der Waals surface area (Å²) in [6.07, 6.45) is 4.27. The largest absolute Gasteiger partial charge is 0 e. The van der Waals surface area contributed by atoms with Crippen molar-refractivity contribution < 1.29 is 30.0 Å². The second-order valence-electron chi connectivity index (χ2n) is 17.2. The molecule has 3 aromatic heterocycles. The molecule has 0 aliphatic rings. The molecule has 0 atom stereocenters. The fourth-order valence-electron chi connectivity index (χ4n) is 7.60. The summed E-state index contributed by atoms with van der Waals surface area (Å²) in [7, 11) is 0. The SMILES string of the molecule is CC(C)C(C(=O)/C=C(\O)C(C(C)C)C(C)C)C(C)C.Cc1ccc2[c-]c(-c3ncnc4c3[se]c3cc(CC(C)(C)C)ccc34)cc(C(C)C)c2n1.[Ir]. The fourth-order valence-corrected chi connectivity index (χ4v) is 10.2. The number of aliphatic hydroxyl groups excluding tert-OH is 1. The first kappa shape index (κ1) is 43.7. The molecule has 0 unspecified atom stereocenters. The molecule has 0 amide bonds. The van der Waals surface area contributed by atoms with Gasteiger partial charge in [-0.2, -0.15) is 0 Å². The number of aromatic nitrogens is 3. The summed E-state index contributed by atoms with van der Waals surface area (Å²) in [6.45, 7) is 30.0. The molecular formula is C45H60IrN3O2Se-. The van der Waals surface area contributed by atoms with Crippen LogP contribution in [0, 0.1) is 53.9 Å². The number of pyridine rings is 1. The zero-order valence-electron chi connectivity index (χ0n) is 33.8. The Kier molecular flexibility index (Phi) is 15.2. The molecule has 5 aromatic rings. The molecule has 283 valence electrons. The summed E-state index contributed by atoms with van der Waals surface area (Å²) in [5.74, 6) is 2.00. The number of hydrogen-bond acceptors (Lipinski definition) is 5. The molecule has 5 rings (SSSR count). The molecule has 1 radical (unpaired) electrons. The van der Waals surface area contributed by atoms with Gasteiger partial charge in [-0.25, -0.2) is 0 Å². The Morgan fingerprint density at radius 1 is 0.846 bits per heavy atom. The van der Waals surface area contributed by atoms with Gasteiger partial charge in [0, 0.05) is 38.0 Å². The number of aryl methyl sites for hydroxylation is 1. The van der Waals surface area contributed by atoms with E-state index in [1.807, 2.05) is 6.92 Å². The number of carbonyl (C=O) groups excluding carboxylic acids is 1. The third-order valence-corrected chi connectivity index (χ3v) is 12.0. The van der Waals surface area contributed by atoms with Crippen LogP contribution in [0.3, 0.4) is 0 Å². The van der Waals surface area contributed by atoms with Crippen molar-refractivity contribution >= 4 is 50.6 Å². The van der Waals surface area contributed by atoms with Crippen LogP contribution in [-0.4, -0.2) is 40.3 Å². The molecule has 0 spiro atoms. The van der Waals surface area contributed by atoms with Crippen molar-refractivity contribution in [3.05, 3.63) is 77.4 Å². The summed E-state index contributed by atoms with van der Waals surface area (Å²) >= 11 is 0.182. The van der Waals surface area contributed by atoms with E-state index in [-0.39, 0.29) is 63.4 Å². The average molecular weight is 946 g/mol. The zero-order valence-corrected chi connectivity index (χ0v) is 37.9. The molecular weight excluding hydrogens is 886 g/mol. The average Bonchev–Trinajstić information content (AvgIpc) is 3.37. The van der Waals surface area contributed by atoms with E-state index >= 15 is 0 Å². The first-order chi connectivity index (χ1) is 23.8. The van der Waals surface area contributed by atoms with Crippen LogP contribution in [0.1, 0.15) is 113 Å². The molecule has 0 fully saturated rings. The number of hydrogen-bond donors (Lipinski definition) is 1. The van der Waals surface area contributed by atoms with Crippen LogP contribution in [0.25, 0.3) is 41.6 Å². The summed E-state index contributed by atoms with van der Waals surface area (Å²) in [5, 5.41) is 12.6. The maximum absolute atomic E-state index is 12.3. The number of nitrogens with zero attached hydrogens (tertiary/aromatic N) is 3. The van der Waals surface area contributed by atoms with Gasteiger partial charge in [-0.3, -0.25) is 4.79 Å². The molecule has 52 heavy (non-hydrogen) atoms. The number of fused-ring (bicyclic) bond motifs is 4. The predicted molar refractivity (Wildman–Crippen MR) is 218 cm³/mol. The van der Waals surface area contributed by atoms with Gasteiger partial charge in [0.2, 0.25) is 0 Å². The van der Waals surface area contributed by atoms with Gasteiger partial charge >= 0.3 is 196 Å². The minimum Gasteiger partial charge on any atom is 0 e. The number of rotatable bonds is 10. The minimum absolute atomic E-state index is 0. The molecule has 0 saturated heterocycles. The van der Waals surface area contributed by atoms with Gasteiger partial charge in [0.25, 0.3) is 0 Å². The van der Waals surface area contributed by atoms with E-state index in [0.29, 0.717) is 29.6 Å². The third kappa shape index (κ3) is 10.5. The quantitative estimate of drug-likeness (QED) is 0.0653. The second-order valence-corrected chi connectivity index (χ2v) is 19.4. The second kappa shape index (κ2) is 18.1. The Hall–Kier alpha value is -2.69. The molecule has 0 bridgehead atoms. The Morgan fingerprint density at radius 3 is 2.02 bits per heavy atom. The van der Waals surface area contributed by atoms with Crippen LogP contribution in [0.15, 0.2) is 54.6 Å². The van der Waals surface area contributed by atoms with E-state index in [1.165, 1.54) is 31.1 Å². The number of carbonyl (C=O) groups is 1. The van der Waals surface area contributed by atoms with Crippen LogP contribution in [0.4, 0.5) is 0 Å². The van der Waals surface area contributed by atoms with Crippen molar-refractivity contribution in [2.75, 3.05) is 0 Å². The van der Waals surface area contributed by atoms with Crippen LogP contribution in [-0.2, 0) is 31.3 Å². The number of aliphatic hydroxyl groups is 1. The standard InChI is InChI=1S/C28H28N3Se.C17H32O2.Ir/c1-16(2)22-13-20(12-19-9-7-17(3)31-24(19)22)25-27-26(30-15-29-25)21-10-8-18(11-23(21)32-27)14-28(4,5)6;1-10(2)16(11(3)4)14(18)9-15(19)17(12(5)6)13(7)8;/h7-11,13,15-16H,14H2,1-6H3;9-13,16-18H,1-8H3;/q-1;;/b;14-9-;. The van der Waals surface area contributed by atoms with Gasteiger partial charge in [-0.05, 0) is 23.7 Å². The molecule has 3 heterocycles. The fraction of sp³-hybridized carbons (Fsp3) is 0.511. The number of benzene rings is 2. The van der Waals surface area contributed by atoms with E-state index in [2.05, 4.69) is 132 Å². The van der Waals surface area contributed by atoms with Crippen molar-refractivity contribution in [3.8, 4) is 11.3 Å². The normalized spacial score (nSPS) is 12.7. The van der Waals surface area contributed by atoms with Gasteiger partial charge < -0.3 is 5.11 Å². The molecule has 0 saturated carbocycles. The molecule has 2 aromatic carbocycles. The maximum Gasteiger partial charge on any atom is 0 e. The molecule has 0 aliphatic heterocycles. The van der Waals surface area contributed by atoms with Gasteiger partial charge in [-0.1, -0.05) is 55.4 Å². The molecule has 7 heteroatoms. The van der Waals surface area contributed by atoms with Crippen molar-refractivity contribution in [1.82, 2.24) is 15.0 Å². The maximum atomic E-state index is 12.3. The summed E-state index contributed by atoms with van der Waals surface area (Å²) in [4.78, 5) is 26.6. The van der Waals surface area contributed by atoms with E-state index in [9.17, 15) is 9.90 Å². The van der Waals surface area contributed by atoms with Gasteiger partial charge in [0.15, 0.2) is 5.78 Å². The molecule has 5 nitrogen and oxygen atoms in total. The van der Waals surface area contributed by atoms with Crippen molar-refractivity contribution in [2.45, 2.75) is 109 Å². The zero-order chi connectivity index (χ0) is 37.9. The van der Waals surface area contributed by atoms with E-state index in [0.717, 1.165) is 39.8 Å². The van der Waals surface area contributed by atoms with Crippen molar-refractivity contribution in [1.29, 1.82) is 0 Å². The van der Waals surface area contributed by atoms with Gasteiger partial charge in [0.05, 0.1) is 5.76 Å². The van der Waals surface area contributed by atoms with E-state index in [4.69, 9.17) is 15.0 Å². The minimum atomic E-state index is -0.0119. The Balaban J connectivity index is 0.000000317. The van der Waals surface area contributed by atoms with Crippen LogP contribution in [0.2, 0.25) is 0 Å². The Bertz CT molecular complexity index is 2000. The predicted octanol–water partition coefficient (Wildman–Crippen LogP) is 11.7. The number of ketones is 1. The van der Waals surface area contributed by atoms with Crippen molar-refractivity contribution in [3.63, 3.8) is 0 Å². The topological polar surface area (TPSA) is 76.0 Å². The smallest absolute Gasteiger partial charge is 0 e. The first-order valence-electron chi connectivity index (χ1n) is 18.7. The summed E-state index contributed by atoms with van der Waals surface area (Å²) in [6, 6.07) is 17.0. The summed E-state index contributed by atoms with van der Waals surface area (Å²) < 4.78 is 2.69. The third-order valence-electron chi connectivity index (χ3n) is 9.64. The van der Waals surface area contributed by atoms with Gasteiger partial charge in [0.1, 0.15) is 0 Å². The monoisotopic (exact) mass is 947 g/mol. The molecule has 0 aliphatic carbocycles. The summed E-state index contributed by atoms with van der Waals surface area (Å²) in [5.41, 5.74) is 8.18. The Morgan fingerprint density at radius 2 is 1.46 bits per heavy atom. The van der Waals surface area contributed by atoms with E-state index in [1.54, 1.807) is 6.33 Å².